The van der Waals surface area contributed by atoms with Gasteiger partial charge in [0.1, 0.15) is 17.3 Å². The van der Waals surface area contributed by atoms with Crippen LogP contribution in [0.5, 0.6) is 5.75 Å². The number of hydrogen-bond acceptors (Lipinski definition) is 4. The molecule has 3 aromatic rings. The first kappa shape index (κ1) is 17.3. The fourth-order valence-corrected chi connectivity index (χ4v) is 3.00. The first-order valence-electron chi connectivity index (χ1n) is 8.53. The Morgan fingerprint density at radius 1 is 1.20 bits per heavy atom. The average molecular weight is 339 g/mol. The van der Waals surface area contributed by atoms with Gasteiger partial charge in [-0.2, -0.15) is 5.10 Å². The summed E-state index contributed by atoms with van der Waals surface area (Å²) >= 11 is 0. The summed E-state index contributed by atoms with van der Waals surface area (Å²) in [6.45, 7) is 6.92. The number of furan rings is 1. The lowest BCUT2D eigenvalue weighted by Gasteiger charge is -2.20. The average Bonchev–Trinajstić information content (AvgIpc) is 3.26. The number of nitrogens with zero attached hydrogens (tertiary/aromatic N) is 2. The van der Waals surface area contributed by atoms with Crippen LogP contribution in [0, 0.1) is 6.92 Å². The second kappa shape index (κ2) is 7.57. The topological polar surface area (TPSA) is 52.2 Å². The third kappa shape index (κ3) is 4.12. The number of benzene rings is 1. The van der Waals surface area contributed by atoms with Crippen molar-refractivity contribution in [1.82, 2.24) is 15.1 Å². The van der Waals surface area contributed by atoms with Crippen molar-refractivity contribution >= 4 is 0 Å². The molecule has 1 aromatic carbocycles. The second-order valence-electron chi connectivity index (χ2n) is 6.33. The molecule has 2 aromatic heterocycles. The van der Waals surface area contributed by atoms with Gasteiger partial charge >= 0.3 is 0 Å². The van der Waals surface area contributed by atoms with E-state index in [1.165, 1.54) is 5.56 Å². The summed E-state index contributed by atoms with van der Waals surface area (Å²) in [5.41, 5.74) is 2.32. The third-order valence-corrected chi connectivity index (χ3v) is 4.38. The molecule has 25 heavy (non-hydrogen) atoms. The Morgan fingerprint density at radius 2 is 2.04 bits per heavy atom. The van der Waals surface area contributed by atoms with Crippen LogP contribution in [0.15, 0.2) is 53.2 Å². The summed E-state index contributed by atoms with van der Waals surface area (Å²) in [5, 5.41) is 7.88. The van der Waals surface area contributed by atoms with Crippen LogP contribution in [-0.2, 0) is 6.54 Å². The summed E-state index contributed by atoms with van der Waals surface area (Å²) in [5.74, 6) is 2.76. The van der Waals surface area contributed by atoms with E-state index in [1.54, 1.807) is 13.3 Å². The van der Waals surface area contributed by atoms with E-state index in [9.17, 15) is 0 Å². The molecule has 2 atom stereocenters. The molecule has 2 heterocycles. The number of aryl methyl sites for hydroxylation is 1. The van der Waals surface area contributed by atoms with Crippen molar-refractivity contribution in [3.05, 3.63) is 71.4 Å². The molecule has 0 saturated carbocycles. The molecule has 0 aliphatic rings. The number of aromatic nitrogens is 2. The lowest BCUT2D eigenvalue weighted by atomic mass is 10.0. The fraction of sp³-hybridized carbons (Fsp3) is 0.350. The maximum absolute atomic E-state index is 5.72. The Bertz CT molecular complexity index is 808. The van der Waals surface area contributed by atoms with Gasteiger partial charge < -0.3 is 14.5 Å². The molecule has 0 radical (unpaired) electrons. The Kier molecular flexibility index (Phi) is 5.24. The van der Waals surface area contributed by atoms with Gasteiger partial charge in [0.15, 0.2) is 0 Å². The van der Waals surface area contributed by atoms with Gasteiger partial charge in [0.25, 0.3) is 0 Å². The van der Waals surface area contributed by atoms with Gasteiger partial charge in [-0.3, -0.25) is 4.68 Å². The van der Waals surface area contributed by atoms with Crippen molar-refractivity contribution in [2.75, 3.05) is 7.11 Å². The maximum Gasteiger partial charge on any atom is 0.123 e. The SMILES string of the molecule is COc1ccc([C@@H](C)N[C@@H](C)c2ccc(C)o2)cc1Cn1cccn1. The zero-order valence-corrected chi connectivity index (χ0v) is 15.2. The lowest BCUT2D eigenvalue weighted by molar-refractivity contribution is 0.391. The molecule has 0 spiro atoms. The molecule has 0 bridgehead atoms. The molecule has 0 unspecified atom stereocenters. The van der Waals surface area contributed by atoms with Gasteiger partial charge in [0.05, 0.1) is 19.7 Å². The van der Waals surface area contributed by atoms with Crippen LogP contribution in [-0.4, -0.2) is 16.9 Å². The lowest BCUT2D eigenvalue weighted by Crippen LogP contribution is -2.22. The van der Waals surface area contributed by atoms with E-state index >= 15 is 0 Å². The van der Waals surface area contributed by atoms with Gasteiger partial charge in [0, 0.05) is 24.0 Å². The highest BCUT2D eigenvalue weighted by atomic mass is 16.5. The van der Waals surface area contributed by atoms with Crippen LogP contribution in [0.1, 0.15) is 48.6 Å². The Hall–Kier alpha value is -2.53. The van der Waals surface area contributed by atoms with E-state index in [2.05, 4.69) is 36.4 Å². The normalized spacial score (nSPS) is 13.6. The van der Waals surface area contributed by atoms with Crippen molar-refractivity contribution in [1.29, 1.82) is 0 Å². The van der Waals surface area contributed by atoms with E-state index in [1.807, 2.05) is 42.1 Å². The van der Waals surface area contributed by atoms with Gasteiger partial charge in [0.2, 0.25) is 0 Å². The first-order valence-corrected chi connectivity index (χ1v) is 8.53. The minimum Gasteiger partial charge on any atom is -0.496 e. The summed E-state index contributed by atoms with van der Waals surface area (Å²) in [6, 6.07) is 12.6. The van der Waals surface area contributed by atoms with Crippen LogP contribution >= 0.6 is 0 Å². The highest BCUT2D eigenvalue weighted by molar-refractivity contribution is 5.38. The van der Waals surface area contributed by atoms with Crippen LogP contribution < -0.4 is 10.1 Å². The molecule has 132 valence electrons. The monoisotopic (exact) mass is 339 g/mol. The number of nitrogens with one attached hydrogen (secondary N) is 1. The molecule has 0 aliphatic heterocycles. The third-order valence-electron chi connectivity index (χ3n) is 4.38. The van der Waals surface area contributed by atoms with Crippen molar-refractivity contribution in [3.63, 3.8) is 0 Å². The smallest absolute Gasteiger partial charge is 0.123 e. The predicted octanol–water partition coefficient (Wildman–Crippen LogP) is 4.25. The van der Waals surface area contributed by atoms with Crippen molar-refractivity contribution in [2.24, 2.45) is 0 Å². The molecule has 0 aliphatic carbocycles. The summed E-state index contributed by atoms with van der Waals surface area (Å²) in [7, 11) is 1.70. The second-order valence-corrected chi connectivity index (χ2v) is 6.33. The molecule has 5 nitrogen and oxygen atoms in total. The van der Waals surface area contributed by atoms with Gasteiger partial charge in [-0.05, 0) is 56.7 Å². The van der Waals surface area contributed by atoms with Crippen molar-refractivity contribution in [2.45, 2.75) is 39.4 Å². The van der Waals surface area contributed by atoms with E-state index in [4.69, 9.17) is 9.15 Å². The minimum absolute atomic E-state index is 0.139. The van der Waals surface area contributed by atoms with Crippen LogP contribution in [0.4, 0.5) is 0 Å². The zero-order chi connectivity index (χ0) is 17.8. The quantitative estimate of drug-likeness (QED) is 0.699. The Labute approximate surface area is 148 Å². The van der Waals surface area contributed by atoms with Crippen LogP contribution in [0.3, 0.4) is 0 Å². The molecule has 5 heteroatoms. The molecule has 0 amide bonds. The predicted molar refractivity (Wildman–Crippen MR) is 97.7 cm³/mol. The number of rotatable bonds is 7. The molecule has 0 saturated heterocycles. The van der Waals surface area contributed by atoms with Crippen LogP contribution in [0.25, 0.3) is 0 Å². The van der Waals surface area contributed by atoms with Gasteiger partial charge in [-0.25, -0.2) is 0 Å². The summed E-state index contributed by atoms with van der Waals surface area (Å²) in [6.07, 6.45) is 3.74. The molecule has 3 rings (SSSR count). The summed E-state index contributed by atoms with van der Waals surface area (Å²) in [4.78, 5) is 0. The van der Waals surface area contributed by atoms with E-state index in [0.717, 1.165) is 22.8 Å². The highest BCUT2D eigenvalue weighted by Gasteiger charge is 2.15. The Balaban J connectivity index is 1.76. The van der Waals surface area contributed by atoms with Gasteiger partial charge in [-0.1, -0.05) is 6.07 Å². The number of methoxy groups -OCH3 is 1. The van der Waals surface area contributed by atoms with Crippen molar-refractivity contribution in [3.8, 4) is 5.75 Å². The standard InChI is InChI=1S/C20H25N3O2/c1-14-6-8-19(25-14)16(3)22-15(2)17-7-9-20(24-4)18(12-17)13-23-11-5-10-21-23/h5-12,15-16,22H,13H2,1-4H3/t15-,16+/m1/s1. The Morgan fingerprint density at radius 3 is 2.68 bits per heavy atom. The van der Waals surface area contributed by atoms with E-state index in [0.29, 0.717) is 6.54 Å². The molecule has 1 N–H and O–H groups in total. The molecular formula is C20H25N3O2. The molecular weight excluding hydrogens is 314 g/mol. The van der Waals surface area contributed by atoms with E-state index < -0.39 is 0 Å². The first-order chi connectivity index (χ1) is 12.1. The number of hydrogen-bond donors (Lipinski definition) is 1. The zero-order valence-electron chi connectivity index (χ0n) is 15.2. The van der Waals surface area contributed by atoms with Crippen LogP contribution in [0.2, 0.25) is 0 Å². The van der Waals surface area contributed by atoms with Crippen molar-refractivity contribution < 1.29 is 9.15 Å². The minimum atomic E-state index is 0.139. The largest absolute Gasteiger partial charge is 0.496 e. The summed E-state index contributed by atoms with van der Waals surface area (Å²) < 4.78 is 13.1. The molecule has 0 fully saturated rings. The van der Waals surface area contributed by atoms with Gasteiger partial charge in [-0.15, -0.1) is 0 Å². The number of ether oxygens (including phenoxy) is 1. The maximum atomic E-state index is 5.72. The fourth-order valence-electron chi connectivity index (χ4n) is 3.00. The highest BCUT2D eigenvalue weighted by Crippen LogP contribution is 2.26. The van der Waals surface area contributed by atoms with E-state index in [-0.39, 0.29) is 12.1 Å².